The monoisotopic (exact) mass is 295 g/mol. The second-order valence-corrected chi connectivity index (χ2v) is 4.41. The fraction of sp³-hybridized carbons (Fsp3) is 0.100. The van der Waals surface area contributed by atoms with Crippen molar-refractivity contribution in [1.29, 1.82) is 0 Å². The number of H-pyrrole nitrogens is 1. The van der Waals surface area contributed by atoms with Gasteiger partial charge in [-0.25, -0.2) is 0 Å². The van der Waals surface area contributed by atoms with Crippen LogP contribution < -0.4 is 11.1 Å². The molecule has 0 bridgehead atoms. The molecule has 0 saturated heterocycles. The Morgan fingerprint density at radius 3 is 2.88 bits per heavy atom. The van der Waals surface area contributed by atoms with Gasteiger partial charge in [0.05, 0.1) is 17.6 Å². The van der Waals surface area contributed by atoms with Crippen molar-refractivity contribution in [1.82, 2.24) is 15.4 Å². The molecule has 1 heterocycles. The van der Waals surface area contributed by atoms with Crippen LogP contribution in [0.1, 0.15) is 16.1 Å². The molecular weight excluding hydrogens is 286 g/mol. The van der Waals surface area contributed by atoms with E-state index in [1.54, 1.807) is 6.07 Å². The first-order valence-electron chi connectivity index (χ1n) is 4.80. The average Bonchev–Trinajstić information content (AvgIpc) is 2.76. The summed E-state index contributed by atoms with van der Waals surface area (Å²) in [5, 5.41) is 12.3. The molecular formula is C10H10BrN5O. The molecule has 1 aromatic carbocycles. The van der Waals surface area contributed by atoms with Crippen LogP contribution in [0.15, 0.2) is 22.8 Å². The molecule has 0 fully saturated rings. The number of nitrogen functional groups attached to an aromatic ring is 1. The topological polar surface area (TPSA) is 96.7 Å². The fourth-order valence-corrected chi connectivity index (χ4v) is 2.02. The molecule has 4 N–H and O–H groups in total. The van der Waals surface area contributed by atoms with Crippen molar-refractivity contribution in [2.45, 2.75) is 6.92 Å². The minimum absolute atomic E-state index is 0.215. The van der Waals surface area contributed by atoms with Gasteiger partial charge in [0, 0.05) is 4.47 Å². The number of nitrogens with two attached hydrogens (primary N) is 1. The van der Waals surface area contributed by atoms with Gasteiger partial charge in [-0.3, -0.25) is 4.79 Å². The van der Waals surface area contributed by atoms with Crippen molar-refractivity contribution >= 4 is 33.2 Å². The predicted molar refractivity (Wildman–Crippen MR) is 67.6 cm³/mol. The van der Waals surface area contributed by atoms with Gasteiger partial charge >= 0.3 is 0 Å². The minimum atomic E-state index is -0.351. The zero-order chi connectivity index (χ0) is 12.4. The smallest absolute Gasteiger partial charge is 0.277 e. The highest BCUT2D eigenvalue weighted by atomic mass is 79.9. The summed E-state index contributed by atoms with van der Waals surface area (Å²) in [6, 6.07) is 3.60. The first kappa shape index (κ1) is 11.6. The molecule has 0 unspecified atom stereocenters. The highest BCUT2D eigenvalue weighted by molar-refractivity contribution is 9.10. The summed E-state index contributed by atoms with van der Waals surface area (Å²) in [5.74, 6) is -0.351. The summed E-state index contributed by atoms with van der Waals surface area (Å²) in [6.07, 6.45) is 1.35. The highest BCUT2D eigenvalue weighted by Crippen LogP contribution is 2.27. The van der Waals surface area contributed by atoms with Crippen LogP contribution >= 0.6 is 15.9 Å². The molecule has 17 heavy (non-hydrogen) atoms. The van der Waals surface area contributed by atoms with Crippen molar-refractivity contribution in [3.63, 3.8) is 0 Å². The number of nitrogens with one attached hydrogen (secondary N) is 2. The van der Waals surface area contributed by atoms with Crippen LogP contribution in [0.25, 0.3) is 0 Å². The van der Waals surface area contributed by atoms with E-state index in [0.717, 1.165) is 10.0 Å². The van der Waals surface area contributed by atoms with Crippen molar-refractivity contribution < 1.29 is 4.79 Å². The summed E-state index contributed by atoms with van der Waals surface area (Å²) in [6.45, 7) is 1.86. The van der Waals surface area contributed by atoms with Crippen molar-refractivity contribution in [2.75, 3.05) is 11.1 Å². The van der Waals surface area contributed by atoms with Crippen LogP contribution in [0.2, 0.25) is 0 Å². The third kappa shape index (κ3) is 2.44. The maximum absolute atomic E-state index is 11.8. The van der Waals surface area contributed by atoms with Crippen LogP contribution in [0.3, 0.4) is 0 Å². The molecule has 0 atom stereocenters. The maximum atomic E-state index is 11.8. The highest BCUT2D eigenvalue weighted by Gasteiger charge is 2.12. The zero-order valence-corrected chi connectivity index (χ0v) is 10.6. The van der Waals surface area contributed by atoms with Gasteiger partial charge in [-0.15, -0.1) is 0 Å². The van der Waals surface area contributed by atoms with E-state index in [-0.39, 0.29) is 11.6 Å². The van der Waals surface area contributed by atoms with Crippen LogP contribution in [-0.4, -0.2) is 21.3 Å². The third-order valence-electron chi connectivity index (χ3n) is 2.22. The van der Waals surface area contributed by atoms with Crippen LogP contribution in [0, 0.1) is 6.92 Å². The number of amides is 1. The molecule has 1 amide bonds. The number of aromatic amines is 1. The molecule has 0 saturated carbocycles. The first-order chi connectivity index (χ1) is 8.08. The van der Waals surface area contributed by atoms with Gasteiger partial charge in [0.1, 0.15) is 0 Å². The summed E-state index contributed by atoms with van der Waals surface area (Å²) < 4.78 is 0.868. The molecule has 0 aliphatic carbocycles. The summed E-state index contributed by atoms with van der Waals surface area (Å²) >= 11 is 3.33. The molecule has 7 heteroatoms. The van der Waals surface area contributed by atoms with E-state index in [9.17, 15) is 4.79 Å². The molecule has 2 rings (SSSR count). The normalized spacial score (nSPS) is 10.2. The van der Waals surface area contributed by atoms with Crippen LogP contribution in [0.5, 0.6) is 0 Å². The Kier molecular flexibility index (Phi) is 3.10. The lowest BCUT2D eigenvalue weighted by Crippen LogP contribution is -2.14. The molecule has 0 radical (unpaired) electrons. The predicted octanol–water partition coefficient (Wildman–Crippen LogP) is 1.71. The van der Waals surface area contributed by atoms with E-state index in [2.05, 4.69) is 36.7 Å². The van der Waals surface area contributed by atoms with E-state index in [1.165, 1.54) is 6.20 Å². The number of carbonyl (C=O) groups excluding carboxylic acids is 1. The standard InChI is InChI=1S/C10H10BrN5O/c1-5-2-6(11)3-7(12)9(5)14-10(17)8-4-13-16-15-8/h2-4H,12H2,1H3,(H,14,17)(H,13,15,16). The number of anilines is 2. The van der Waals surface area contributed by atoms with E-state index in [1.807, 2.05) is 13.0 Å². The van der Waals surface area contributed by atoms with E-state index in [4.69, 9.17) is 5.73 Å². The minimum Gasteiger partial charge on any atom is -0.397 e. The quantitative estimate of drug-likeness (QED) is 0.735. The third-order valence-corrected chi connectivity index (χ3v) is 2.67. The Morgan fingerprint density at radius 2 is 2.29 bits per heavy atom. The Morgan fingerprint density at radius 1 is 1.53 bits per heavy atom. The fourth-order valence-electron chi connectivity index (χ4n) is 1.43. The van der Waals surface area contributed by atoms with Gasteiger partial charge < -0.3 is 11.1 Å². The van der Waals surface area contributed by atoms with Crippen molar-refractivity contribution in [2.24, 2.45) is 0 Å². The first-order valence-corrected chi connectivity index (χ1v) is 5.60. The number of halogens is 1. The van der Waals surface area contributed by atoms with Gasteiger partial charge in [0.25, 0.3) is 5.91 Å². The number of aromatic nitrogens is 3. The maximum Gasteiger partial charge on any atom is 0.277 e. The summed E-state index contributed by atoms with van der Waals surface area (Å²) in [4.78, 5) is 11.8. The number of hydrogen-bond acceptors (Lipinski definition) is 4. The van der Waals surface area contributed by atoms with Gasteiger partial charge in [-0.2, -0.15) is 15.4 Å². The number of carbonyl (C=O) groups is 1. The average molecular weight is 296 g/mol. The van der Waals surface area contributed by atoms with Crippen molar-refractivity contribution in [3.8, 4) is 0 Å². The van der Waals surface area contributed by atoms with Crippen LogP contribution in [-0.2, 0) is 0 Å². The lowest BCUT2D eigenvalue weighted by molar-refractivity contribution is 0.102. The molecule has 0 aliphatic heterocycles. The summed E-state index contributed by atoms with van der Waals surface area (Å²) in [7, 11) is 0. The Balaban J connectivity index is 2.28. The molecule has 2 aromatic rings. The molecule has 88 valence electrons. The Hall–Kier alpha value is -1.89. The number of aryl methyl sites for hydroxylation is 1. The van der Waals surface area contributed by atoms with E-state index < -0.39 is 0 Å². The van der Waals surface area contributed by atoms with E-state index >= 15 is 0 Å². The number of hydrogen-bond donors (Lipinski definition) is 3. The number of rotatable bonds is 2. The molecule has 0 spiro atoms. The van der Waals surface area contributed by atoms with Gasteiger partial charge in [0.2, 0.25) is 0 Å². The van der Waals surface area contributed by atoms with Crippen LogP contribution in [0.4, 0.5) is 11.4 Å². The Labute approximate surface area is 106 Å². The molecule has 0 aliphatic rings. The summed E-state index contributed by atoms with van der Waals surface area (Å²) in [5.41, 5.74) is 8.00. The second kappa shape index (κ2) is 4.54. The zero-order valence-electron chi connectivity index (χ0n) is 8.99. The van der Waals surface area contributed by atoms with Gasteiger partial charge in [0.15, 0.2) is 5.69 Å². The lowest BCUT2D eigenvalue weighted by Gasteiger charge is -2.10. The second-order valence-electron chi connectivity index (χ2n) is 3.50. The molecule has 6 nitrogen and oxygen atoms in total. The Bertz CT molecular complexity index is 529. The lowest BCUT2D eigenvalue weighted by atomic mass is 10.1. The van der Waals surface area contributed by atoms with Crippen molar-refractivity contribution in [3.05, 3.63) is 34.1 Å². The SMILES string of the molecule is Cc1cc(Br)cc(N)c1NC(=O)c1cn[nH]n1. The number of nitrogens with zero attached hydrogens (tertiary/aromatic N) is 2. The van der Waals surface area contributed by atoms with Gasteiger partial charge in [-0.05, 0) is 24.6 Å². The molecule has 1 aromatic heterocycles. The number of benzene rings is 1. The van der Waals surface area contributed by atoms with E-state index in [0.29, 0.717) is 11.4 Å². The van der Waals surface area contributed by atoms with Gasteiger partial charge in [-0.1, -0.05) is 15.9 Å². The largest absolute Gasteiger partial charge is 0.397 e.